The van der Waals surface area contributed by atoms with Gasteiger partial charge in [-0.25, -0.2) is 4.79 Å². The Morgan fingerprint density at radius 1 is 1.39 bits per heavy atom. The molecule has 2 rings (SSSR count). The van der Waals surface area contributed by atoms with Crippen molar-refractivity contribution in [3.05, 3.63) is 35.9 Å². The maximum Gasteiger partial charge on any atom is 0.317 e. The number of piperidine rings is 1. The Labute approximate surface area is 139 Å². The lowest BCUT2D eigenvalue weighted by Gasteiger charge is -2.33. The summed E-state index contributed by atoms with van der Waals surface area (Å²) in [5, 5.41) is 12.3. The number of carbonyl (C=O) groups excluding carboxylic acids is 1. The molecule has 0 bridgehead atoms. The Kier molecular flexibility index (Phi) is 6.86. The molecule has 128 valence electrons. The number of rotatable bonds is 6. The summed E-state index contributed by atoms with van der Waals surface area (Å²) in [4.78, 5) is 16.3. The minimum atomic E-state index is -0.0111. The van der Waals surface area contributed by atoms with Crippen molar-refractivity contribution >= 4 is 6.03 Å². The van der Waals surface area contributed by atoms with Crippen LogP contribution in [0.15, 0.2) is 30.3 Å². The van der Waals surface area contributed by atoms with Crippen LogP contribution in [0.1, 0.15) is 18.4 Å². The summed E-state index contributed by atoms with van der Waals surface area (Å²) in [6.45, 7) is 2.24. The number of aliphatic hydroxyl groups is 1. The minimum Gasteiger partial charge on any atom is -0.396 e. The molecule has 5 heteroatoms. The van der Waals surface area contributed by atoms with Crippen molar-refractivity contribution in [1.29, 1.82) is 0 Å². The highest BCUT2D eigenvalue weighted by Gasteiger charge is 2.23. The molecule has 1 saturated heterocycles. The summed E-state index contributed by atoms with van der Waals surface area (Å²) in [6, 6.07) is 10.6. The van der Waals surface area contributed by atoms with Gasteiger partial charge < -0.3 is 20.2 Å². The molecule has 23 heavy (non-hydrogen) atoms. The van der Waals surface area contributed by atoms with Gasteiger partial charge in [-0.2, -0.15) is 0 Å². The number of likely N-dealkylation sites (tertiary alicyclic amines) is 1. The number of aliphatic hydroxyl groups excluding tert-OH is 1. The molecule has 0 saturated carbocycles. The Morgan fingerprint density at radius 2 is 2.13 bits per heavy atom. The maximum absolute atomic E-state index is 12.4. The molecule has 1 aliphatic rings. The van der Waals surface area contributed by atoms with Gasteiger partial charge in [0, 0.05) is 32.3 Å². The summed E-state index contributed by atoms with van der Waals surface area (Å²) in [6.07, 6.45) is 2.89. The second-order valence-electron chi connectivity index (χ2n) is 6.63. The normalized spacial score (nSPS) is 19.7. The van der Waals surface area contributed by atoms with Gasteiger partial charge in [-0.1, -0.05) is 30.3 Å². The third-order valence-electron chi connectivity index (χ3n) is 4.60. The standard InChI is InChI=1S/C18H29N3O2/c1-20(2)17(11-15-7-4-3-5-8-15)12-19-18(23)21-10-6-9-16(13-21)14-22/h3-5,7-8,16-17,22H,6,9-14H2,1-2H3,(H,19,23). The van der Waals surface area contributed by atoms with Crippen molar-refractivity contribution in [2.45, 2.75) is 25.3 Å². The Balaban J connectivity index is 1.84. The first kappa shape index (κ1) is 17.8. The van der Waals surface area contributed by atoms with Gasteiger partial charge in [-0.3, -0.25) is 0 Å². The van der Waals surface area contributed by atoms with Crippen LogP contribution in [-0.4, -0.2) is 67.3 Å². The highest BCUT2D eigenvalue weighted by molar-refractivity contribution is 5.74. The van der Waals surface area contributed by atoms with E-state index in [0.29, 0.717) is 13.1 Å². The number of nitrogens with one attached hydrogen (secondary N) is 1. The molecule has 0 spiro atoms. The highest BCUT2D eigenvalue weighted by Crippen LogP contribution is 2.15. The number of carbonyl (C=O) groups is 1. The van der Waals surface area contributed by atoms with Crippen molar-refractivity contribution in [2.24, 2.45) is 5.92 Å². The molecule has 2 amide bonds. The molecule has 0 aromatic heterocycles. The average molecular weight is 319 g/mol. The monoisotopic (exact) mass is 319 g/mol. The van der Waals surface area contributed by atoms with E-state index in [1.54, 1.807) is 0 Å². The van der Waals surface area contributed by atoms with E-state index in [2.05, 4.69) is 22.3 Å². The summed E-state index contributed by atoms with van der Waals surface area (Å²) >= 11 is 0. The van der Waals surface area contributed by atoms with Crippen LogP contribution in [0.3, 0.4) is 0 Å². The minimum absolute atomic E-state index is 0.0111. The van der Waals surface area contributed by atoms with Crippen LogP contribution in [0.25, 0.3) is 0 Å². The lowest BCUT2D eigenvalue weighted by atomic mass is 9.99. The number of benzene rings is 1. The van der Waals surface area contributed by atoms with E-state index in [1.165, 1.54) is 5.56 Å². The van der Waals surface area contributed by atoms with Crippen LogP contribution in [0.5, 0.6) is 0 Å². The molecule has 1 aliphatic heterocycles. The van der Waals surface area contributed by atoms with Crippen LogP contribution in [-0.2, 0) is 6.42 Å². The van der Waals surface area contributed by atoms with Gasteiger partial charge in [-0.15, -0.1) is 0 Å². The highest BCUT2D eigenvalue weighted by atomic mass is 16.3. The van der Waals surface area contributed by atoms with Gasteiger partial charge in [0.2, 0.25) is 0 Å². The Bertz CT molecular complexity index is 478. The second-order valence-corrected chi connectivity index (χ2v) is 6.63. The Morgan fingerprint density at radius 3 is 2.78 bits per heavy atom. The van der Waals surface area contributed by atoms with Gasteiger partial charge in [0.05, 0.1) is 0 Å². The van der Waals surface area contributed by atoms with Crippen LogP contribution in [0.2, 0.25) is 0 Å². The molecule has 2 atom stereocenters. The van der Waals surface area contributed by atoms with Crippen molar-refractivity contribution in [2.75, 3.05) is 40.3 Å². The summed E-state index contributed by atoms with van der Waals surface area (Å²) in [5.41, 5.74) is 1.28. The molecule has 2 N–H and O–H groups in total. The molecule has 0 aliphatic carbocycles. The van der Waals surface area contributed by atoms with Crippen LogP contribution < -0.4 is 5.32 Å². The molecule has 5 nitrogen and oxygen atoms in total. The van der Waals surface area contributed by atoms with E-state index in [0.717, 1.165) is 25.8 Å². The number of hydrogen-bond donors (Lipinski definition) is 2. The van der Waals surface area contributed by atoms with E-state index in [-0.39, 0.29) is 24.6 Å². The largest absolute Gasteiger partial charge is 0.396 e. The SMILES string of the molecule is CN(C)C(CNC(=O)N1CCCC(CO)C1)Cc1ccccc1. The zero-order valence-electron chi connectivity index (χ0n) is 14.2. The molecule has 0 radical (unpaired) electrons. The van der Waals surface area contributed by atoms with Crippen molar-refractivity contribution < 1.29 is 9.90 Å². The fourth-order valence-electron chi connectivity index (χ4n) is 3.04. The number of nitrogens with zero attached hydrogens (tertiary/aromatic N) is 2. The van der Waals surface area contributed by atoms with Crippen LogP contribution >= 0.6 is 0 Å². The van der Waals surface area contributed by atoms with Crippen molar-refractivity contribution in [3.8, 4) is 0 Å². The lowest BCUT2D eigenvalue weighted by molar-refractivity contribution is 0.128. The summed E-state index contributed by atoms with van der Waals surface area (Å²) in [7, 11) is 4.09. The molecule has 1 heterocycles. The van der Waals surface area contributed by atoms with Crippen LogP contribution in [0, 0.1) is 5.92 Å². The maximum atomic E-state index is 12.4. The predicted molar refractivity (Wildman–Crippen MR) is 92.4 cm³/mol. The molecule has 1 fully saturated rings. The first-order valence-electron chi connectivity index (χ1n) is 8.44. The fraction of sp³-hybridized carbons (Fsp3) is 0.611. The third kappa shape index (κ3) is 5.52. The van der Waals surface area contributed by atoms with E-state index in [9.17, 15) is 9.90 Å². The number of urea groups is 1. The first-order valence-corrected chi connectivity index (χ1v) is 8.44. The van der Waals surface area contributed by atoms with Crippen LogP contribution in [0.4, 0.5) is 4.79 Å². The van der Waals surface area contributed by atoms with E-state index in [1.807, 2.05) is 37.2 Å². The molecule has 2 unspecified atom stereocenters. The Hall–Kier alpha value is -1.59. The third-order valence-corrected chi connectivity index (χ3v) is 4.60. The van der Waals surface area contributed by atoms with Crippen molar-refractivity contribution in [1.82, 2.24) is 15.1 Å². The zero-order valence-corrected chi connectivity index (χ0v) is 14.2. The van der Waals surface area contributed by atoms with Gasteiger partial charge in [0.15, 0.2) is 0 Å². The molecular weight excluding hydrogens is 290 g/mol. The van der Waals surface area contributed by atoms with Crippen molar-refractivity contribution in [3.63, 3.8) is 0 Å². The quantitative estimate of drug-likeness (QED) is 0.837. The smallest absolute Gasteiger partial charge is 0.317 e. The summed E-state index contributed by atoms with van der Waals surface area (Å²) < 4.78 is 0. The van der Waals surface area contributed by atoms with Gasteiger partial charge >= 0.3 is 6.03 Å². The number of likely N-dealkylation sites (N-methyl/N-ethyl adjacent to an activating group) is 1. The zero-order chi connectivity index (χ0) is 16.7. The van der Waals surface area contributed by atoms with E-state index >= 15 is 0 Å². The number of hydrogen-bond acceptors (Lipinski definition) is 3. The lowest BCUT2D eigenvalue weighted by Crippen LogP contribution is -2.49. The predicted octanol–water partition coefficient (Wildman–Crippen LogP) is 1.57. The molecular formula is C18H29N3O2. The average Bonchev–Trinajstić information content (AvgIpc) is 2.59. The number of amides is 2. The van der Waals surface area contributed by atoms with E-state index in [4.69, 9.17) is 0 Å². The molecule has 1 aromatic carbocycles. The molecule has 1 aromatic rings. The topological polar surface area (TPSA) is 55.8 Å². The fourth-order valence-corrected chi connectivity index (χ4v) is 3.04. The van der Waals surface area contributed by atoms with Gasteiger partial charge in [-0.05, 0) is 44.8 Å². The van der Waals surface area contributed by atoms with Gasteiger partial charge in [0.1, 0.15) is 0 Å². The summed E-state index contributed by atoms with van der Waals surface area (Å²) in [5.74, 6) is 0.225. The van der Waals surface area contributed by atoms with E-state index < -0.39 is 0 Å². The second kappa shape index (κ2) is 8.89. The first-order chi connectivity index (χ1) is 11.1. The van der Waals surface area contributed by atoms with Gasteiger partial charge in [0.25, 0.3) is 0 Å².